The number of benzene rings is 1. The van der Waals surface area contributed by atoms with Gasteiger partial charge in [0.25, 0.3) is 0 Å². The lowest BCUT2D eigenvalue weighted by molar-refractivity contribution is -0.909. The molecule has 0 amide bonds. The fourth-order valence-electron chi connectivity index (χ4n) is 2.76. The van der Waals surface area contributed by atoms with Crippen molar-refractivity contribution in [3.63, 3.8) is 0 Å². The number of hydrogen-bond acceptors (Lipinski definition) is 2. The summed E-state index contributed by atoms with van der Waals surface area (Å²) in [6.07, 6.45) is 1.86. The molecule has 1 aliphatic heterocycles. The monoisotopic (exact) mass is 275 g/mol. The van der Waals surface area contributed by atoms with E-state index in [0.29, 0.717) is 0 Å². The van der Waals surface area contributed by atoms with Gasteiger partial charge in [-0.15, -0.1) is 0 Å². The molecule has 2 aromatic rings. The van der Waals surface area contributed by atoms with Crippen LogP contribution < -0.4 is 4.90 Å². The second-order valence-electron chi connectivity index (χ2n) is 5.10. The summed E-state index contributed by atoms with van der Waals surface area (Å²) in [7, 11) is 0. The van der Waals surface area contributed by atoms with E-state index in [1.807, 2.05) is 42.2 Å². The average Bonchev–Trinajstić information content (AvgIpc) is 2.90. The molecule has 1 aliphatic rings. The molecule has 1 atom stereocenters. The fraction of sp³-hybridized carbons (Fsp3) is 0.400. The zero-order chi connectivity index (χ0) is 13.2. The third-order valence-electron chi connectivity index (χ3n) is 4.00. The van der Waals surface area contributed by atoms with Crippen LogP contribution in [-0.4, -0.2) is 41.4 Å². The van der Waals surface area contributed by atoms with Crippen LogP contribution in [0.1, 0.15) is 17.3 Å². The number of quaternary nitrogens is 1. The Morgan fingerprint density at radius 2 is 2.05 bits per heavy atom. The number of ketones is 1. The van der Waals surface area contributed by atoms with Gasteiger partial charge in [0, 0.05) is 34.2 Å². The third kappa shape index (κ3) is 2.42. The van der Waals surface area contributed by atoms with Gasteiger partial charge < -0.3 is 9.88 Å². The molecule has 0 saturated carbocycles. The highest BCUT2D eigenvalue weighted by Gasteiger charge is 2.28. The minimum atomic E-state index is 0.0557. The van der Waals surface area contributed by atoms with Crippen LogP contribution in [-0.2, 0) is 0 Å². The van der Waals surface area contributed by atoms with Gasteiger partial charge in [-0.05, 0) is 13.0 Å². The molecule has 0 aliphatic carbocycles. The summed E-state index contributed by atoms with van der Waals surface area (Å²) in [5, 5.41) is 1.05. The number of thioether (sulfide) groups is 1. The van der Waals surface area contributed by atoms with Crippen molar-refractivity contribution in [3.8, 4) is 0 Å². The molecule has 1 aromatic carbocycles. The summed E-state index contributed by atoms with van der Waals surface area (Å²) in [5.74, 6) is 2.60. The standard InChI is InChI=1S/C15H18N2OS/c1-11(17-6-8-19-9-7-17)15(18)13-10-16-14-5-3-2-4-12(13)14/h2-5,10-11,16H,6-9H2,1H3/p+1/t11-/m1/s1. The smallest absolute Gasteiger partial charge is 0.221 e. The largest absolute Gasteiger partial charge is 0.360 e. The zero-order valence-electron chi connectivity index (χ0n) is 11.1. The van der Waals surface area contributed by atoms with E-state index < -0.39 is 0 Å². The van der Waals surface area contributed by atoms with E-state index in [0.717, 1.165) is 29.6 Å². The number of carbonyl (C=O) groups excluding carboxylic acids is 1. The van der Waals surface area contributed by atoms with Crippen molar-refractivity contribution < 1.29 is 9.69 Å². The van der Waals surface area contributed by atoms with Gasteiger partial charge in [0.1, 0.15) is 6.04 Å². The van der Waals surface area contributed by atoms with Crippen molar-refractivity contribution in [1.29, 1.82) is 0 Å². The van der Waals surface area contributed by atoms with Crippen molar-refractivity contribution in [2.75, 3.05) is 24.6 Å². The first-order chi connectivity index (χ1) is 9.27. The van der Waals surface area contributed by atoms with Gasteiger partial charge in [-0.2, -0.15) is 11.8 Å². The second-order valence-corrected chi connectivity index (χ2v) is 6.33. The fourth-order valence-corrected chi connectivity index (χ4v) is 3.78. The first kappa shape index (κ1) is 12.8. The van der Waals surface area contributed by atoms with E-state index >= 15 is 0 Å². The van der Waals surface area contributed by atoms with Crippen LogP contribution in [0.4, 0.5) is 0 Å². The van der Waals surface area contributed by atoms with E-state index in [-0.39, 0.29) is 11.8 Å². The maximum absolute atomic E-state index is 12.7. The SMILES string of the molecule is C[C@H](C(=O)c1c[nH]c2ccccc12)[NH+]1CCSCC1. The Labute approximate surface area is 117 Å². The predicted molar refractivity (Wildman–Crippen MR) is 80.1 cm³/mol. The molecule has 0 bridgehead atoms. The molecule has 2 N–H and O–H groups in total. The number of H-pyrrole nitrogens is 1. The normalized spacial score (nSPS) is 18.6. The van der Waals surface area contributed by atoms with Crippen LogP contribution in [0.25, 0.3) is 10.9 Å². The number of carbonyl (C=O) groups is 1. The second kappa shape index (κ2) is 5.39. The molecule has 0 spiro atoms. The van der Waals surface area contributed by atoms with Gasteiger partial charge in [0.05, 0.1) is 13.1 Å². The highest BCUT2D eigenvalue weighted by atomic mass is 32.2. The minimum absolute atomic E-state index is 0.0557. The Kier molecular flexibility index (Phi) is 3.62. The average molecular weight is 275 g/mol. The Morgan fingerprint density at radius 1 is 1.32 bits per heavy atom. The van der Waals surface area contributed by atoms with Crippen LogP contribution in [0, 0.1) is 0 Å². The van der Waals surface area contributed by atoms with E-state index in [1.54, 1.807) is 0 Å². The van der Waals surface area contributed by atoms with Gasteiger partial charge in [-0.1, -0.05) is 18.2 Å². The van der Waals surface area contributed by atoms with Crippen LogP contribution in [0.3, 0.4) is 0 Å². The lowest BCUT2D eigenvalue weighted by Gasteiger charge is -2.28. The Balaban J connectivity index is 1.86. The number of fused-ring (bicyclic) bond motifs is 1. The molecule has 3 rings (SSSR count). The van der Waals surface area contributed by atoms with Gasteiger partial charge in [-0.25, -0.2) is 0 Å². The van der Waals surface area contributed by atoms with Gasteiger partial charge in [0.15, 0.2) is 0 Å². The molecule has 1 saturated heterocycles. The maximum atomic E-state index is 12.7. The van der Waals surface area contributed by atoms with Gasteiger partial charge in [0.2, 0.25) is 5.78 Å². The van der Waals surface area contributed by atoms with Crippen LogP contribution in [0.2, 0.25) is 0 Å². The minimum Gasteiger partial charge on any atom is -0.360 e. The first-order valence-corrected chi connectivity index (χ1v) is 7.95. The molecule has 100 valence electrons. The highest BCUT2D eigenvalue weighted by molar-refractivity contribution is 7.99. The van der Waals surface area contributed by atoms with Crippen LogP contribution in [0.15, 0.2) is 30.5 Å². The predicted octanol–water partition coefficient (Wildman–Crippen LogP) is 1.37. The molecular formula is C15H19N2OS+. The summed E-state index contributed by atoms with van der Waals surface area (Å²) >= 11 is 1.99. The van der Waals surface area contributed by atoms with Crippen molar-refractivity contribution in [2.45, 2.75) is 13.0 Å². The zero-order valence-corrected chi connectivity index (χ0v) is 11.9. The number of para-hydroxylation sites is 1. The third-order valence-corrected chi connectivity index (χ3v) is 4.98. The van der Waals surface area contributed by atoms with Crippen molar-refractivity contribution in [1.82, 2.24) is 4.98 Å². The molecule has 19 heavy (non-hydrogen) atoms. The summed E-state index contributed by atoms with van der Waals surface area (Å²) in [5.41, 5.74) is 1.89. The number of aromatic amines is 1. The molecule has 3 nitrogen and oxygen atoms in total. The van der Waals surface area contributed by atoms with Crippen LogP contribution in [0.5, 0.6) is 0 Å². The highest BCUT2D eigenvalue weighted by Crippen LogP contribution is 2.18. The molecule has 1 aromatic heterocycles. The van der Waals surface area contributed by atoms with Crippen molar-refractivity contribution in [2.24, 2.45) is 0 Å². The number of rotatable bonds is 3. The summed E-state index contributed by atoms with van der Waals surface area (Å²) < 4.78 is 0. The van der Waals surface area contributed by atoms with Gasteiger partial charge >= 0.3 is 0 Å². The lowest BCUT2D eigenvalue weighted by Crippen LogP contribution is -3.17. The topological polar surface area (TPSA) is 37.3 Å². The van der Waals surface area contributed by atoms with Crippen molar-refractivity contribution >= 4 is 28.4 Å². The summed E-state index contributed by atoms with van der Waals surface area (Å²) in [6.45, 7) is 4.26. The van der Waals surface area contributed by atoms with Gasteiger partial charge in [-0.3, -0.25) is 4.79 Å². The summed E-state index contributed by atoms with van der Waals surface area (Å²) in [4.78, 5) is 17.3. The maximum Gasteiger partial charge on any atom is 0.221 e. The molecule has 4 heteroatoms. The first-order valence-electron chi connectivity index (χ1n) is 6.80. The molecule has 0 radical (unpaired) electrons. The number of hydrogen-bond donors (Lipinski definition) is 2. The van der Waals surface area contributed by atoms with Crippen LogP contribution >= 0.6 is 11.8 Å². The Bertz CT molecular complexity index is 587. The number of nitrogens with one attached hydrogen (secondary N) is 2. The molecule has 2 heterocycles. The quantitative estimate of drug-likeness (QED) is 0.830. The Morgan fingerprint density at radius 3 is 2.84 bits per heavy atom. The molecule has 0 unspecified atom stereocenters. The number of Topliss-reactive ketones (excluding diaryl/α,β-unsaturated/α-hetero) is 1. The molecular weight excluding hydrogens is 256 g/mol. The van der Waals surface area contributed by atoms with E-state index in [1.165, 1.54) is 16.4 Å². The number of aromatic nitrogens is 1. The van der Waals surface area contributed by atoms with E-state index in [9.17, 15) is 4.79 Å². The molecule has 1 fully saturated rings. The van der Waals surface area contributed by atoms with E-state index in [2.05, 4.69) is 11.9 Å². The van der Waals surface area contributed by atoms with E-state index in [4.69, 9.17) is 0 Å². The Hall–Kier alpha value is -1.26. The lowest BCUT2D eigenvalue weighted by atomic mass is 10.0. The summed E-state index contributed by atoms with van der Waals surface area (Å²) in [6, 6.07) is 8.07. The van der Waals surface area contributed by atoms with Crippen molar-refractivity contribution in [3.05, 3.63) is 36.0 Å².